The number of hydrogen-bond donors (Lipinski definition) is 1. The molecule has 16 heavy (non-hydrogen) atoms. The Labute approximate surface area is 112 Å². The Balaban J connectivity index is 3.08. The van der Waals surface area contributed by atoms with E-state index in [9.17, 15) is 0 Å². The lowest BCUT2D eigenvalue weighted by Crippen LogP contribution is -2.07. The number of nitrogens with one attached hydrogen (secondary N) is 1. The Hall–Kier alpha value is -0.210. The van der Waals surface area contributed by atoms with Crippen LogP contribution in [0.3, 0.4) is 0 Å². The monoisotopic (exact) mass is 303 g/mol. The highest BCUT2D eigenvalue weighted by molar-refractivity contribution is 9.09. The molecule has 0 heterocycles. The third kappa shape index (κ3) is 2.72. The van der Waals surface area contributed by atoms with Crippen molar-refractivity contribution in [2.24, 2.45) is 0 Å². The molecule has 0 radical (unpaired) electrons. The molecule has 1 nitrogen and oxygen atoms in total. The van der Waals surface area contributed by atoms with Gasteiger partial charge in [0.2, 0.25) is 0 Å². The van der Waals surface area contributed by atoms with E-state index in [4.69, 9.17) is 11.6 Å². The molecule has 0 aliphatic rings. The number of halogens is 2. The number of benzene rings is 1. The van der Waals surface area contributed by atoms with E-state index < -0.39 is 0 Å². The molecule has 0 fully saturated rings. The Morgan fingerprint density at radius 1 is 1.00 bits per heavy atom. The van der Waals surface area contributed by atoms with Crippen LogP contribution in [0, 0.1) is 27.7 Å². The van der Waals surface area contributed by atoms with E-state index in [1.807, 2.05) is 0 Å². The Morgan fingerprint density at radius 2 is 1.62 bits per heavy atom. The van der Waals surface area contributed by atoms with Gasteiger partial charge in [0.05, 0.1) is 0 Å². The first kappa shape index (κ1) is 13.9. The van der Waals surface area contributed by atoms with Crippen molar-refractivity contribution in [2.45, 2.75) is 34.1 Å². The van der Waals surface area contributed by atoms with Crippen LogP contribution in [0.1, 0.15) is 28.7 Å². The predicted molar refractivity (Wildman–Crippen MR) is 77.3 cm³/mol. The summed E-state index contributed by atoms with van der Waals surface area (Å²) in [4.78, 5) is 0. The molecule has 0 atom stereocenters. The second-order valence-corrected chi connectivity index (χ2v) is 5.33. The summed E-state index contributed by atoms with van der Waals surface area (Å²) in [5.41, 5.74) is 6.17. The van der Waals surface area contributed by atoms with Gasteiger partial charge in [-0.3, -0.25) is 0 Å². The molecule has 0 unspecified atom stereocenters. The SMILES string of the molecule is Cc1c(C)c(Cl)c(C)c(NCCCBr)c1C. The van der Waals surface area contributed by atoms with Crippen LogP contribution in [0.2, 0.25) is 5.02 Å². The van der Waals surface area contributed by atoms with Gasteiger partial charge in [-0.1, -0.05) is 27.5 Å². The van der Waals surface area contributed by atoms with E-state index >= 15 is 0 Å². The van der Waals surface area contributed by atoms with Crippen LogP contribution < -0.4 is 5.32 Å². The predicted octanol–water partition coefficient (Wildman–Crippen LogP) is 4.77. The van der Waals surface area contributed by atoms with Crippen LogP contribution in [-0.4, -0.2) is 11.9 Å². The van der Waals surface area contributed by atoms with E-state index in [2.05, 4.69) is 48.9 Å². The van der Waals surface area contributed by atoms with Crippen molar-refractivity contribution in [2.75, 3.05) is 17.2 Å². The molecule has 1 rings (SSSR count). The summed E-state index contributed by atoms with van der Waals surface area (Å²) >= 11 is 9.76. The van der Waals surface area contributed by atoms with Crippen LogP contribution >= 0.6 is 27.5 Å². The summed E-state index contributed by atoms with van der Waals surface area (Å²) in [6.45, 7) is 9.43. The molecule has 1 aromatic rings. The van der Waals surface area contributed by atoms with Crippen LogP contribution in [-0.2, 0) is 0 Å². The first-order chi connectivity index (χ1) is 7.50. The molecule has 0 aromatic heterocycles. The van der Waals surface area contributed by atoms with Crippen molar-refractivity contribution in [1.29, 1.82) is 0 Å². The fourth-order valence-corrected chi connectivity index (χ4v) is 2.37. The molecule has 3 heteroatoms. The smallest absolute Gasteiger partial charge is 0.0487 e. The fraction of sp³-hybridized carbons (Fsp3) is 0.538. The number of anilines is 1. The average Bonchev–Trinajstić information content (AvgIpc) is 2.28. The summed E-state index contributed by atoms with van der Waals surface area (Å²) in [6.07, 6.45) is 1.11. The summed E-state index contributed by atoms with van der Waals surface area (Å²) in [7, 11) is 0. The molecule has 0 aliphatic carbocycles. The van der Waals surface area contributed by atoms with Gasteiger partial charge in [0.15, 0.2) is 0 Å². The summed E-state index contributed by atoms with van der Waals surface area (Å²) < 4.78 is 0. The maximum Gasteiger partial charge on any atom is 0.0487 e. The maximum absolute atomic E-state index is 6.32. The highest BCUT2D eigenvalue weighted by Crippen LogP contribution is 2.33. The molecular weight excluding hydrogens is 286 g/mol. The fourth-order valence-electron chi connectivity index (χ4n) is 1.85. The quantitative estimate of drug-likeness (QED) is 0.624. The molecule has 0 amide bonds. The maximum atomic E-state index is 6.32. The van der Waals surface area contributed by atoms with Gasteiger partial charge in [-0.05, 0) is 56.4 Å². The van der Waals surface area contributed by atoms with Crippen LogP contribution in [0.4, 0.5) is 5.69 Å². The minimum Gasteiger partial charge on any atom is -0.385 e. The van der Waals surface area contributed by atoms with Gasteiger partial charge < -0.3 is 5.32 Å². The Morgan fingerprint density at radius 3 is 2.19 bits per heavy atom. The molecule has 0 saturated heterocycles. The first-order valence-electron chi connectivity index (χ1n) is 5.56. The van der Waals surface area contributed by atoms with Crippen molar-refractivity contribution < 1.29 is 0 Å². The molecular formula is C13H19BrClN. The third-order valence-corrected chi connectivity index (χ3v) is 4.27. The van der Waals surface area contributed by atoms with Gasteiger partial charge in [-0.15, -0.1) is 0 Å². The zero-order valence-corrected chi connectivity index (χ0v) is 12.7. The van der Waals surface area contributed by atoms with E-state index in [1.165, 1.54) is 22.4 Å². The molecule has 0 spiro atoms. The van der Waals surface area contributed by atoms with Crippen LogP contribution in [0.15, 0.2) is 0 Å². The van der Waals surface area contributed by atoms with E-state index in [-0.39, 0.29) is 0 Å². The number of hydrogen-bond acceptors (Lipinski definition) is 1. The van der Waals surface area contributed by atoms with E-state index in [0.29, 0.717) is 0 Å². The molecule has 0 bridgehead atoms. The summed E-state index contributed by atoms with van der Waals surface area (Å²) in [6, 6.07) is 0. The van der Waals surface area contributed by atoms with Crippen LogP contribution in [0.25, 0.3) is 0 Å². The van der Waals surface area contributed by atoms with Gasteiger partial charge >= 0.3 is 0 Å². The second kappa shape index (κ2) is 5.92. The van der Waals surface area contributed by atoms with Gasteiger partial charge in [-0.2, -0.15) is 0 Å². The van der Waals surface area contributed by atoms with Gasteiger partial charge in [0.1, 0.15) is 0 Å². The van der Waals surface area contributed by atoms with E-state index in [0.717, 1.165) is 28.9 Å². The van der Waals surface area contributed by atoms with Gasteiger partial charge in [0, 0.05) is 22.6 Å². The summed E-state index contributed by atoms with van der Waals surface area (Å²) in [5.74, 6) is 0. The molecule has 0 saturated carbocycles. The topological polar surface area (TPSA) is 12.0 Å². The van der Waals surface area contributed by atoms with Crippen molar-refractivity contribution in [1.82, 2.24) is 0 Å². The lowest BCUT2D eigenvalue weighted by molar-refractivity contribution is 0.991. The number of alkyl halides is 1. The van der Waals surface area contributed by atoms with Crippen molar-refractivity contribution >= 4 is 33.2 Å². The molecule has 1 N–H and O–H groups in total. The first-order valence-corrected chi connectivity index (χ1v) is 7.06. The second-order valence-electron chi connectivity index (χ2n) is 4.16. The highest BCUT2D eigenvalue weighted by Gasteiger charge is 2.12. The zero-order valence-electron chi connectivity index (χ0n) is 10.4. The van der Waals surface area contributed by atoms with Crippen molar-refractivity contribution in [3.63, 3.8) is 0 Å². The van der Waals surface area contributed by atoms with Gasteiger partial charge in [0.25, 0.3) is 0 Å². The Kier molecular flexibility index (Phi) is 5.13. The minimum atomic E-state index is 0.893. The highest BCUT2D eigenvalue weighted by atomic mass is 79.9. The largest absolute Gasteiger partial charge is 0.385 e. The van der Waals surface area contributed by atoms with Gasteiger partial charge in [-0.25, -0.2) is 0 Å². The van der Waals surface area contributed by atoms with Crippen molar-refractivity contribution in [3.05, 3.63) is 27.3 Å². The molecule has 90 valence electrons. The molecule has 0 aliphatic heterocycles. The third-order valence-electron chi connectivity index (χ3n) is 3.15. The molecule has 1 aromatic carbocycles. The van der Waals surface area contributed by atoms with Crippen molar-refractivity contribution in [3.8, 4) is 0 Å². The standard InChI is InChI=1S/C13H19BrClN/c1-8-9(2)12(15)11(4)13(10(8)3)16-7-5-6-14/h16H,5-7H2,1-4H3. The Bertz CT molecular complexity index is 359. The summed E-state index contributed by atoms with van der Waals surface area (Å²) in [5, 5.41) is 5.39. The van der Waals surface area contributed by atoms with E-state index in [1.54, 1.807) is 0 Å². The average molecular weight is 305 g/mol. The lowest BCUT2D eigenvalue weighted by atomic mass is 9.98. The minimum absolute atomic E-state index is 0.893. The lowest BCUT2D eigenvalue weighted by Gasteiger charge is -2.18. The number of rotatable bonds is 4. The zero-order chi connectivity index (χ0) is 12.3. The van der Waals surface area contributed by atoms with Crippen LogP contribution in [0.5, 0.6) is 0 Å². The normalized spacial score (nSPS) is 10.6.